The topological polar surface area (TPSA) is 104 Å². The quantitative estimate of drug-likeness (QED) is 0.231. The number of nitrogens with one attached hydrogen (secondary N) is 3. The Labute approximate surface area is 253 Å². The lowest BCUT2D eigenvalue weighted by Crippen LogP contribution is -2.41. The van der Waals surface area contributed by atoms with Crippen LogP contribution in [0.3, 0.4) is 0 Å². The molecular formula is C34H38N4O4S. The molecule has 0 spiro atoms. The fourth-order valence-electron chi connectivity index (χ4n) is 5.22. The van der Waals surface area contributed by atoms with Crippen LogP contribution in [0.1, 0.15) is 42.4 Å². The van der Waals surface area contributed by atoms with Crippen molar-refractivity contribution < 1.29 is 17.9 Å². The molecule has 4 aromatic rings. The molecule has 224 valence electrons. The molecule has 43 heavy (non-hydrogen) atoms. The minimum Gasteiger partial charge on any atom is -0.379 e. The van der Waals surface area contributed by atoms with Crippen molar-refractivity contribution in [3.8, 4) is 23.5 Å². The van der Waals surface area contributed by atoms with Gasteiger partial charge in [-0.2, -0.15) is 0 Å². The van der Waals surface area contributed by atoms with Crippen molar-refractivity contribution in [2.75, 3.05) is 44.1 Å². The molecule has 3 N–H and O–H groups in total. The molecule has 0 unspecified atom stereocenters. The largest absolute Gasteiger partial charge is 0.379 e. The third kappa shape index (κ3) is 7.11. The van der Waals surface area contributed by atoms with E-state index in [9.17, 15) is 13.2 Å². The van der Waals surface area contributed by atoms with Crippen molar-refractivity contribution in [3.05, 3.63) is 83.6 Å². The molecular weight excluding hydrogens is 560 g/mol. The number of benzene rings is 3. The lowest BCUT2D eigenvalue weighted by molar-refractivity contribution is 0.0383. The third-order valence-corrected chi connectivity index (χ3v) is 9.07. The lowest BCUT2D eigenvalue weighted by atomic mass is 9.87. The number of carbonyl (C=O) groups excluding carboxylic acids is 1. The summed E-state index contributed by atoms with van der Waals surface area (Å²) in [6.45, 7) is 10.6. The summed E-state index contributed by atoms with van der Waals surface area (Å²) >= 11 is 0. The molecule has 1 amide bonds. The minimum atomic E-state index is -3.84. The zero-order valence-corrected chi connectivity index (χ0v) is 25.7. The van der Waals surface area contributed by atoms with E-state index in [2.05, 4.69) is 46.6 Å². The number of amides is 1. The fraction of sp³-hybridized carbons (Fsp3) is 0.324. The molecule has 2 heterocycles. The van der Waals surface area contributed by atoms with Gasteiger partial charge in [0.15, 0.2) is 0 Å². The number of hydrogen-bond acceptors (Lipinski definition) is 5. The Kier molecular flexibility index (Phi) is 8.92. The molecule has 0 atom stereocenters. The maximum atomic E-state index is 13.5. The average molecular weight is 599 g/mol. The van der Waals surface area contributed by atoms with E-state index in [4.69, 9.17) is 11.2 Å². The Bertz CT molecular complexity index is 1740. The number of aromatic amines is 1. The highest BCUT2D eigenvalue weighted by atomic mass is 32.2. The van der Waals surface area contributed by atoms with Crippen LogP contribution >= 0.6 is 0 Å². The summed E-state index contributed by atoms with van der Waals surface area (Å²) in [6.07, 6.45) is 6.00. The number of nitrogens with zero attached hydrogens (tertiary/aromatic N) is 1. The van der Waals surface area contributed by atoms with Gasteiger partial charge in [-0.3, -0.25) is 14.4 Å². The van der Waals surface area contributed by atoms with E-state index >= 15 is 0 Å². The number of H-pyrrole nitrogens is 1. The van der Waals surface area contributed by atoms with Crippen molar-refractivity contribution in [3.63, 3.8) is 0 Å². The number of rotatable bonds is 9. The van der Waals surface area contributed by atoms with Crippen LogP contribution in [-0.2, 0) is 26.6 Å². The van der Waals surface area contributed by atoms with Gasteiger partial charge in [-0.1, -0.05) is 57.2 Å². The molecule has 1 fully saturated rings. The van der Waals surface area contributed by atoms with Gasteiger partial charge in [-0.15, -0.1) is 12.3 Å². The van der Waals surface area contributed by atoms with E-state index in [1.165, 1.54) is 0 Å². The Morgan fingerprint density at radius 2 is 1.72 bits per heavy atom. The average Bonchev–Trinajstić information content (AvgIpc) is 3.37. The number of morpholine rings is 1. The SMILES string of the molecule is C#CCc1ccc(-c2c(C(=O)NCCN3CCOCC3)[nH]c3ccc(NS(=O)(=O)c4ccc(C(C)(C)C)cc4)cc23)cc1. The molecule has 1 aliphatic rings. The van der Waals surface area contributed by atoms with Gasteiger partial charge < -0.3 is 15.0 Å². The summed E-state index contributed by atoms with van der Waals surface area (Å²) in [5.74, 6) is 2.42. The number of aromatic nitrogens is 1. The summed E-state index contributed by atoms with van der Waals surface area (Å²) in [4.78, 5) is 19.2. The van der Waals surface area contributed by atoms with Crippen molar-refractivity contribution >= 4 is 32.5 Å². The molecule has 1 saturated heterocycles. The Morgan fingerprint density at radius 1 is 1.02 bits per heavy atom. The summed E-state index contributed by atoms with van der Waals surface area (Å²) in [5, 5.41) is 3.78. The van der Waals surface area contributed by atoms with Crippen molar-refractivity contribution in [1.29, 1.82) is 0 Å². The van der Waals surface area contributed by atoms with Gasteiger partial charge in [0.25, 0.3) is 15.9 Å². The maximum absolute atomic E-state index is 13.5. The summed E-state index contributed by atoms with van der Waals surface area (Å²) < 4.78 is 34.7. The maximum Gasteiger partial charge on any atom is 0.268 e. The zero-order chi connectivity index (χ0) is 30.6. The van der Waals surface area contributed by atoms with E-state index in [0.29, 0.717) is 43.1 Å². The Balaban J connectivity index is 1.46. The van der Waals surface area contributed by atoms with E-state index < -0.39 is 10.0 Å². The molecule has 0 saturated carbocycles. The molecule has 3 aromatic carbocycles. The van der Waals surface area contributed by atoms with Gasteiger partial charge >= 0.3 is 0 Å². The van der Waals surface area contributed by atoms with E-state index in [0.717, 1.165) is 47.2 Å². The number of ether oxygens (including phenoxy) is 1. The highest BCUT2D eigenvalue weighted by molar-refractivity contribution is 7.92. The molecule has 0 aliphatic carbocycles. The summed E-state index contributed by atoms with van der Waals surface area (Å²) in [5.41, 5.74) is 5.01. The predicted octanol–water partition coefficient (Wildman–Crippen LogP) is 5.17. The first-order valence-corrected chi connectivity index (χ1v) is 15.9. The number of sulfonamides is 1. The minimum absolute atomic E-state index is 0.0863. The second kappa shape index (κ2) is 12.6. The second-order valence-corrected chi connectivity index (χ2v) is 13.5. The smallest absolute Gasteiger partial charge is 0.268 e. The second-order valence-electron chi connectivity index (χ2n) is 11.8. The number of hydrogen-bond donors (Lipinski definition) is 3. The first-order valence-electron chi connectivity index (χ1n) is 14.5. The van der Waals surface area contributed by atoms with Gasteiger partial charge in [0.1, 0.15) is 5.69 Å². The normalized spacial score (nSPS) is 14.4. The first-order chi connectivity index (χ1) is 20.5. The van der Waals surface area contributed by atoms with Crippen LogP contribution in [0, 0.1) is 12.3 Å². The zero-order valence-electron chi connectivity index (χ0n) is 24.9. The molecule has 8 nitrogen and oxygen atoms in total. The van der Waals surface area contributed by atoms with Crippen LogP contribution < -0.4 is 10.0 Å². The van der Waals surface area contributed by atoms with Crippen LogP contribution in [0.15, 0.2) is 71.6 Å². The molecule has 0 radical (unpaired) electrons. The number of carbonyl (C=O) groups is 1. The van der Waals surface area contributed by atoms with Gasteiger partial charge in [0.05, 0.1) is 18.1 Å². The van der Waals surface area contributed by atoms with Crippen molar-refractivity contribution in [2.45, 2.75) is 37.5 Å². The predicted molar refractivity (Wildman–Crippen MR) is 172 cm³/mol. The van der Waals surface area contributed by atoms with Gasteiger partial charge in [0, 0.05) is 54.8 Å². The number of fused-ring (bicyclic) bond motifs is 1. The fourth-order valence-corrected chi connectivity index (χ4v) is 6.27. The van der Waals surface area contributed by atoms with Crippen LogP contribution in [0.4, 0.5) is 5.69 Å². The molecule has 1 aromatic heterocycles. The summed E-state index contributed by atoms with van der Waals surface area (Å²) in [7, 11) is -3.84. The monoisotopic (exact) mass is 598 g/mol. The van der Waals surface area contributed by atoms with Crippen molar-refractivity contribution in [2.24, 2.45) is 0 Å². The van der Waals surface area contributed by atoms with E-state index in [1.807, 2.05) is 36.4 Å². The highest BCUT2D eigenvalue weighted by Gasteiger charge is 2.22. The first kappa shape index (κ1) is 30.4. The number of terminal acetylenes is 1. The molecule has 5 rings (SSSR count). The molecule has 0 bridgehead atoms. The summed E-state index contributed by atoms with van der Waals surface area (Å²) in [6, 6.07) is 20.0. The van der Waals surface area contributed by atoms with E-state index in [1.54, 1.807) is 30.3 Å². The van der Waals surface area contributed by atoms with E-state index in [-0.39, 0.29) is 16.2 Å². The number of anilines is 1. The van der Waals surface area contributed by atoms with Crippen LogP contribution in [0.5, 0.6) is 0 Å². The van der Waals surface area contributed by atoms with Crippen LogP contribution in [0.2, 0.25) is 0 Å². The molecule has 1 aliphatic heterocycles. The third-order valence-electron chi connectivity index (χ3n) is 7.67. The van der Waals surface area contributed by atoms with Gasteiger partial charge in [0.2, 0.25) is 0 Å². The van der Waals surface area contributed by atoms with Crippen LogP contribution in [0.25, 0.3) is 22.0 Å². The van der Waals surface area contributed by atoms with Crippen molar-refractivity contribution in [1.82, 2.24) is 15.2 Å². The van der Waals surface area contributed by atoms with Gasteiger partial charge in [-0.25, -0.2) is 8.42 Å². The Hall–Kier alpha value is -4.10. The van der Waals surface area contributed by atoms with Crippen LogP contribution in [-0.4, -0.2) is 63.6 Å². The molecule has 9 heteroatoms. The lowest BCUT2D eigenvalue weighted by Gasteiger charge is -2.26. The standard InChI is InChI=1S/C34H38N4O4S/c1-5-6-24-7-9-25(10-8-24)31-29-23-27(37-43(40,41)28-14-11-26(12-15-28)34(2,3)4)13-16-30(29)36-32(31)33(39)35-17-18-38-19-21-42-22-20-38/h1,7-16,23,36-37H,6,17-22H2,2-4H3,(H,35,39). The Morgan fingerprint density at radius 3 is 2.37 bits per heavy atom. The van der Waals surface area contributed by atoms with Gasteiger partial charge in [-0.05, 0) is 52.4 Å². The highest BCUT2D eigenvalue weighted by Crippen LogP contribution is 2.35.